The van der Waals surface area contributed by atoms with Crippen molar-refractivity contribution in [2.45, 2.75) is 12.8 Å². The van der Waals surface area contributed by atoms with Crippen molar-refractivity contribution < 1.29 is 32.7 Å². The Morgan fingerprint density at radius 3 is 2.48 bits per heavy atom. The molecule has 1 fully saturated rings. The zero-order valence-corrected chi connectivity index (χ0v) is 17.0. The Morgan fingerprint density at radius 1 is 1.13 bits per heavy atom. The Balaban J connectivity index is 1.46. The lowest BCUT2D eigenvalue weighted by atomic mass is 9.96. The number of amides is 3. The van der Waals surface area contributed by atoms with Gasteiger partial charge >= 0.3 is 5.97 Å². The molecule has 2 aromatic rings. The molecule has 3 N–H and O–H groups in total. The van der Waals surface area contributed by atoms with Gasteiger partial charge in [0.25, 0.3) is 17.7 Å². The molecule has 1 aromatic heterocycles. The number of piperidine rings is 1. The number of carbonyl (C=O) groups is 4. The van der Waals surface area contributed by atoms with Crippen LogP contribution in [-0.2, 0) is 14.3 Å². The van der Waals surface area contributed by atoms with Gasteiger partial charge in [-0.3, -0.25) is 19.2 Å². The predicted octanol–water partition coefficient (Wildman–Crippen LogP) is 2.16. The van der Waals surface area contributed by atoms with Crippen LogP contribution in [0.25, 0.3) is 0 Å². The van der Waals surface area contributed by atoms with Gasteiger partial charge < -0.3 is 20.7 Å². The van der Waals surface area contributed by atoms with Gasteiger partial charge in [0, 0.05) is 19.2 Å². The highest BCUT2D eigenvalue weighted by molar-refractivity contribution is 7.14. The van der Waals surface area contributed by atoms with E-state index >= 15 is 0 Å². The Kier molecular flexibility index (Phi) is 6.95. The highest BCUT2D eigenvalue weighted by atomic mass is 32.1. The van der Waals surface area contributed by atoms with Crippen LogP contribution in [0.3, 0.4) is 0 Å². The molecule has 3 rings (SSSR count). The van der Waals surface area contributed by atoms with Crippen molar-refractivity contribution in [3.63, 3.8) is 0 Å². The number of nitrogens with two attached hydrogens (primary N) is 1. The fraction of sp³-hybridized carbons (Fsp3) is 0.300. The van der Waals surface area contributed by atoms with E-state index in [0.717, 1.165) is 23.5 Å². The van der Waals surface area contributed by atoms with Crippen LogP contribution < -0.4 is 11.1 Å². The van der Waals surface area contributed by atoms with Crippen LogP contribution in [0.5, 0.6) is 0 Å². The Labute approximate surface area is 180 Å². The number of ether oxygens (including phenoxy) is 1. The molecule has 0 radical (unpaired) electrons. The summed E-state index contributed by atoms with van der Waals surface area (Å²) < 4.78 is 31.9. The molecule has 0 spiro atoms. The van der Waals surface area contributed by atoms with Crippen LogP contribution in [-0.4, -0.2) is 48.3 Å². The summed E-state index contributed by atoms with van der Waals surface area (Å²) in [6, 6.07) is 4.21. The number of likely N-dealkylation sites (tertiary alicyclic amines) is 1. The number of halogens is 2. The summed E-state index contributed by atoms with van der Waals surface area (Å²) in [6.45, 7) is -0.146. The van der Waals surface area contributed by atoms with Gasteiger partial charge in [0.05, 0.1) is 17.0 Å². The molecule has 1 saturated heterocycles. The van der Waals surface area contributed by atoms with Crippen LogP contribution in [0.15, 0.2) is 29.6 Å². The maximum absolute atomic E-state index is 13.8. The average molecular weight is 451 g/mol. The zero-order chi connectivity index (χ0) is 22.5. The summed E-state index contributed by atoms with van der Waals surface area (Å²) in [6.07, 6.45) is 0.567. The monoisotopic (exact) mass is 451 g/mol. The van der Waals surface area contributed by atoms with E-state index in [1.807, 2.05) is 0 Å². The fourth-order valence-corrected chi connectivity index (χ4v) is 3.98. The first-order chi connectivity index (χ1) is 14.8. The highest BCUT2D eigenvalue weighted by Crippen LogP contribution is 2.23. The maximum Gasteiger partial charge on any atom is 0.309 e. The van der Waals surface area contributed by atoms with E-state index in [-0.39, 0.29) is 42.1 Å². The SMILES string of the molecule is NC(=O)c1ccsc1NC(=O)COC(=O)C1CCN(C(=O)c2ccc(F)cc2F)CC1. The van der Waals surface area contributed by atoms with Crippen molar-refractivity contribution in [3.05, 3.63) is 52.4 Å². The van der Waals surface area contributed by atoms with E-state index in [1.165, 1.54) is 11.0 Å². The molecule has 2 heterocycles. The quantitative estimate of drug-likeness (QED) is 0.653. The highest BCUT2D eigenvalue weighted by Gasteiger charge is 2.30. The molecule has 0 unspecified atom stereocenters. The molecule has 3 amide bonds. The minimum absolute atomic E-state index is 0.166. The van der Waals surface area contributed by atoms with Crippen LogP contribution in [0.2, 0.25) is 0 Å². The summed E-state index contributed by atoms with van der Waals surface area (Å²) in [5.41, 5.74) is 5.14. The Hall–Kier alpha value is -3.34. The number of nitrogens with zero attached hydrogens (tertiary/aromatic N) is 1. The summed E-state index contributed by atoms with van der Waals surface area (Å²) in [7, 11) is 0. The lowest BCUT2D eigenvalue weighted by molar-refractivity contribution is -0.152. The number of carbonyl (C=O) groups excluding carboxylic acids is 4. The van der Waals surface area contributed by atoms with Gasteiger partial charge in [-0.25, -0.2) is 8.78 Å². The van der Waals surface area contributed by atoms with E-state index in [1.54, 1.807) is 5.38 Å². The Morgan fingerprint density at radius 2 is 1.84 bits per heavy atom. The van der Waals surface area contributed by atoms with Crippen molar-refractivity contribution >= 4 is 40.0 Å². The molecule has 8 nitrogen and oxygen atoms in total. The van der Waals surface area contributed by atoms with Gasteiger partial charge in [0.2, 0.25) is 0 Å². The average Bonchev–Trinajstić information content (AvgIpc) is 3.20. The first kappa shape index (κ1) is 22.3. The third kappa shape index (κ3) is 5.43. The lowest BCUT2D eigenvalue weighted by Gasteiger charge is -2.31. The molecule has 164 valence electrons. The number of benzene rings is 1. The van der Waals surface area contributed by atoms with Gasteiger partial charge in [0.15, 0.2) is 6.61 Å². The van der Waals surface area contributed by atoms with Crippen LogP contribution in [0.4, 0.5) is 13.8 Å². The summed E-state index contributed by atoms with van der Waals surface area (Å²) >= 11 is 1.11. The molecule has 31 heavy (non-hydrogen) atoms. The molecule has 1 aliphatic rings. The van der Waals surface area contributed by atoms with E-state index in [9.17, 15) is 28.0 Å². The third-order valence-corrected chi connectivity index (χ3v) is 5.64. The minimum Gasteiger partial charge on any atom is -0.455 e. The summed E-state index contributed by atoms with van der Waals surface area (Å²) in [5, 5.41) is 4.33. The van der Waals surface area contributed by atoms with Crippen molar-refractivity contribution in [1.29, 1.82) is 0 Å². The standard InChI is InChI=1S/C20H19F2N3O5S/c21-12-1-2-13(15(22)9-12)19(28)25-6-3-11(4-7-25)20(29)30-10-16(26)24-18-14(17(23)27)5-8-31-18/h1-2,5,8-9,11H,3-4,6-7,10H2,(H2,23,27)(H,24,26). The second kappa shape index (κ2) is 9.65. The fourth-order valence-electron chi connectivity index (χ4n) is 3.17. The zero-order valence-electron chi connectivity index (χ0n) is 16.2. The molecule has 0 aliphatic carbocycles. The molecule has 0 atom stereocenters. The second-order valence-corrected chi connectivity index (χ2v) is 7.79. The topological polar surface area (TPSA) is 119 Å². The van der Waals surface area contributed by atoms with E-state index in [4.69, 9.17) is 10.5 Å². The van der Waals surface area contributed by atoms with Gasteiger partial charge in [0.1, 0.15) is 16.6 Å². The van der Waals surface area contributed by atoms with Crippen molar-refractivity contribution in [2.75, 3.05) is 25.0 Å². The normalized spacial score (nSPS) is 14.2. The van der Waals surface area contributed by atoms with Crippen molar-refractivity contribution in [3.8, 4) is 0 Å². The third-order valence-electron chi connectivity index (χ3n) is 4.81. The lowest BCUT2D eigenvalue weighted by Crippen LogP contribution is -2.41. The maximum atomic E-state index is 13.8. The molecular weight excluding hydrogens is 432 g/mol. The number of hydrogen-bond acceptors (Lipinski definition) is 6. The number of primary amides is 1. The number of thiophene rings is 1. The van der Waals surface area contributed by atoms with Crippen LogP contribution >= 0.6 is 11.3 Å². The van der Waals surface area contributed by atoms with E-state index in [0.29, 0.717) is 6.07 Å². The predicted molar refractivity (Wildman–Crippen MR) is 107 cm³/mol. The first-order valence-electron chi connectivity index (χ1n) is 9.34. The van der Waals surface area contributed by atoms with Crippen molar-refractivity contribution in [1.82, 2.24) is 4.90 Å². The van der Waals surface area contributed by atoms with Gasteiger partial charge in [-0.1, -0.05) is 0 Å². The second-order valence-electron chi connectivity index (χ2n) is 6.87. The van der Waals surface area contributed by atoms with Gasteiger partial charge in [-0.05, 0) is 36.4 Å². The number of rotatable bonds is 6. The van der Waals surface area contributed by atoms with E-state index < -0.39 is 47.9 Å². The molecular formula is C20H19F2N3O5S. The summed E-state index contributed by atoms with van der Waals surface area (Å²) in [4.78, 5) is 49.3. The smallest absolute Gasteiger partial charge is 0.309 e. The minimum atomic E-state index is -0.942. The largest absolute Gasteiger partial charge is 0.455 e. The first-order valence-corrected chi connectivity index (χ1v) is 10.2. The number of anilines is 1. The van der Waals surface area contributed by atoms with Crippen molar-refractivity contribution in [2.24, 2.45) is 11.7 Å². The van der Waals surface area contributed by atoms with Crippen LogP contribution in [0, 0.1) is 17.6 Å². The number of hydrogen-bond donors (Lipinski definition) is 2. The molecule has 11 heteroatoms. The van der Waals surface area contributed by atoms with Gasteiger partial charge in [-0.2, -0.15) is 0 Å². The molecule has 1 aliphatic heterocycles. The van der Waals surface area contributed by atoms with E-state index in [2.05, 4.69) is 5.32 Å². The molecule has 1 aromatic carbocycles. The number of nitrogens with one attached hydrogen (secondary N) is 1. The Bertz CT molecular complexity index is 1020. The van der Waals surface area contributed by atoms with Gasteiger partial charge in [-0.15, -0.1) is 11.3 Å². The summed E-state index contributed by atoms with van der Waals surface area (Å²) in [5.74, 6) is -4.69. The van der Waals surface area contributed by atoms with Crippen LogP contribution in [0.1, 0.15) is 33.6 Å². The number of esters is 1. The molecule has 0 bridgehead atoms. The molecule has 0 saturated carbocycles.